The van der Waals surface area contributed by atoms with Crippen LogP contribution in [0.1, 0.15) is 13.8 Å². The lowest BCUT2D eigenvalue weighted by atomic mass is 10.3. The van der Waals surface area contributed by atoms with Gasteiger partial charge in [-0.2, -0.15) is 0 Å². The number of amides is 1. The molecule has 0 aliphatic carbocycles. The summed E-state index contributed by atoms with van der Waals surface area (Å²) in [4.78, 5) is 13.0. The van der Waals surface area contributed by atoms with Crippen LogP contribution >= 0.6 is 0 Å². The van der Waals surface area contributed by atoms with E-state index in [9.17, 15) is 17.6 Å². The van der Waals surface area contributed by atoms with Gasteiger partial charge in [0.1, 0.15) is 10.7 Å². The Morgan fingerprint density at radius 3 is 2.45 bits per heavy atom. The minimum absolute atomic E-state index is 0.201. The Bertz CT molecular complexity index is 586. The smallest absolute Gasteiger partial charge is 0.243 e. The molecule has 3 N–H and O–H groups in total. The van der Waals surface area contributed by atoms with Gasteiger partial charge in [0.25, 0.3) is 0 Å². The number of nitrogen functional groups attached to an aromatic ring is 1. The van der Waals surface area contributed by atoms with Gasteiger partial charge < -0.3 is 10.6 Å². The first-order valence-corrected chi connectivity index (χ1v) is 7.62. The predicted octanol–water partition coefficient (Wildman–Crippen LogP) is 0.555. The molecule has 0 saturated carbocycles. The zero-order chi connectivity index (χ0) is 15.3. The molecule has 0 heterocycles. The number of benzene rings is 1. The van der Waals surface area contributed by atoms with Crippen molar-refractivity contribution >= 4 is 21.6 Å². The van der Waals surface area contributed by atoms with Crippen molar-refractivity contribution in [3.63, 3.8) is 0 Å². The Hall–Kier alpha value is -1.67. The van der Waals surface area contributed by atoms with Gasteiger partial charge in [0.05, 0.1) is 12.2 Å². The van der Waals surface area contributed by atoms with Crippen LogP contribution in [0.15, 0.2) is 23.1 Å². The number of nitrogens with two attached hydrogens (primary N) is 1. The number of carbonyl (C=O) groups is 1. The third kappa shape index (κ3) is 3.91. The molecule has 0 radical (unpaired) electrons. The Morgan fingerprint density at radius 1 is 1.35 bits per heavy atom. The van der Waals surface area contributed by atoms with Gasteiger partial charge in [0.15, 0.2) is 0 Å². The van der Waals surface area contributed by atoms with Crippen LogP contribution in [0.3, 0.4) is 0 Å². The number of anilines is 1. The van der Waals surface area contributed by atoms with Gasteiger partial charge in [-0.15, -0.1) is 0 Å². The van der Waals surface area contributed by atoms with Crippen LogP contribution in [0.2, 0.25) is 0 Å². The second-order valence-electron chi connectivity index (χ2n) is 4.07. The van der Waals surface area contributed by atoms with E-state index in [2.05, 4.69) is 4.72 Å². The molecule has 0 atom stereocenters. The van der Waals surface area contributed by atoms with E-state index >= 15 is 0 Å². The Labute approximate surface area is 117 Å². The van der Waals surface area contributed by atoms with E-state index in [1.165, 1.54) is 4.90 Å². The summed E-state index contributed by atoms with van der Waals surface area (Å²) in [6, 6.07) is 2.98. The Kier molecular flexibility index (Phi) is 5.46. The van der Waals surface area contributed by atoms with Gasteiger partial charge in [0.2, 0.25) is 15.9 Å². The molecule has 0 saturated heterocycles. The van der Waals surface area contributed by atoms with Gasteiger partial charge in [-0.1, -0.05) is 0 Å². The molecule has 1 aromatic carbocycles. The van der Waals surface area contributed by atoms with E-state index in [0.29, 0.717) is 13.1 Å². The van der Waals surface area contributed by atoms with E-state index < -0.39 is 15.8 Å². The Balaban J connectivity index is 2.83. The van der Waals surface area contributed by atoms with Crippen molar-refractivity contribution in [1.82, 2.24) is 9.62 Å². The number of halogens is 1. The normalized spacial score (nSPS) is 11.3. The van der Waals surface area contributed by atoms with Crippen molar-refractivity contribution in [3.05, 3.63) is 24.0 Å². The fraction of sp³-hybridized carbons (Fsp3) is 0.417. The third-order valence-electron chi connectivity index (χ3n) is 2.79. The van der Waals surface area contributed by atoms with E-state index in [4.69, 9.17) is 5.73 Å². The molecule has 112 valence electrons. The van der Waals surface area contributed by atoms with Crippen molar-refractivity contribution in [2.75, 3.05) is 25.4 Å². The lowest BCUT2D eigenvalue weighted by Crippen LogP contribution is -2.40. The quantitative estimate of drug-likeness (QED) is 0.751. The standard InChI is InChI=1S/C12H18FN3O3S/c1-3-16(4-2)12(17)8-15-20(18,19)11-6-5-9(13)7-10(11)14/h5-7,15H,3-4,8,14H2,1-2H3. The second kappa shape index (κ2) is 6.67. The fourth-order valence-electron chi connectivity index (χ4n) is 1.69. The highest BCUT2D eigenvalue weighted by molar-refractivity contribution is 7.89. The van der Waals surface area contributed by atoms with Gasteiger partial charge in [-0.3, -0.25) is 4.79 Å². The molecule has 0 unspecified atom stereocenters. The molecule has 20 heavy (non-hydrogen) atoms. The molecule has 1 rings (SSSR count). The van der Waals surface area contributed by atoms with E-state index in [0.717, 1.165) is 18.2 Å². The number of nitrogens with one attached hydrogen (secondary N) is 1. The zero-order valence-electron chi connectivity index (χ0n) is 11.4. The van der Waals surface area contributed by atoms with E-state index in [1.54, 1.807) is 13.8 Å². The molecule has 0 bridgehead atoms. The topological polar surface area (TPSA) is 92.5 Å². The number of nitrogens with zero attached hydrogens (tertiary/aromatic N) is 1. The average molecular weight is 303 g/mol. The van der Waals surface area contributed by atoms with Crippen LogP contribution in [0.5, 0.6) is 0 Å². The SMILES string of the molecule is CCN(CC)C(=O)CNS(=O)(=O)c1ccc(F)cc1N. The van der Waals surface area contributed by atoms with E-state index in [-0.39, 0.29) is 23.0 Å². The van der Waals surface area contributed by atoms with Crippen LogP contribution in [0.25, 0.3) is 0 Å². The summed E-state index contributed by atoms with van der Waals surface area (Å²) in [6.45, 7) is 4.23. The molecule has 0 aliphatic rings. The highest BCUT2D eigenvalue weighted by atomic mass is 32.2. The molecule has 0 aliphatic heterocycles. The highest BCUT2D eigenvalue weighted by Gasteiger charge is 2.20. The van der Waals surface area contributed by atoms with Crippen LogP contribution < -0.4 is 10.5 Å². The van der Waals surface area contributed by atoms with Crippen LogP contribution in [0, 0.1) is 5.82 Å². The van der Waals surface area contributed by atoms with Crippen molar-refractivity contribution < 1.29 is 17.6 Å². The molecule has 1 amide bonds. The number of sulfonamides is 1. The predicted molar refractivity (Wildman–Crippen MR) is 73.9 cm³/mol. The summed E-state index contributed by atoms with van der Waals surface area (Å²) in [7, 11) is -3.94. The maximum absolute atomic E-state index is 12.9. The molecule has 0 fully saturated rings. The summed E-state index contributed by atoms with van der Waals surface area (Å²) >= 11 is 0. The largest absolute Gasteiger partial charge is 0.398 e. The highest BCUT2D eigenvalue weighted by Crippen LogP contribution is 2.18. The summed E-state index contributed by atoms with van der Waals surface area (Å²) in [6.07, 6.45) is 0. The fourth-order valence-corrected chi connectivity index (χ4v) is 2.77. The molecule has 6 nitrogen and oxygen atoms in total. The molecule has 1 aromatic rings. The molecule has 8 heteroatoms. The maximum Gasteiger partial charge on any atom is 0.243 e. The first-order chi connectivity index (χ1) is 9.31. The van der Waals surface area contributed by atoms with Crippen molar-refractivity contribution in [2.45, 2.75) is 18.7 Å². The summed E-state index contributed by atoms with van der Waals surface area (Å²) < 4.78 is 39.0. The lowest BCUT2D eigenvalue weighted by molar-refractivity contribution is -0.129. The first-order valence-electron chi connectivity index (χ1n) is 6.14. The van der Waals surface area contributed by atoms with E-state index in [1.807, 2.05) is 0 Å². The number of likely N-dealkylation sites (N-methyl/N-ethyl adjacent to an activating group) is 1. The van der Waals surface area contributed by atoms with Crippen LogP contribution in [0.4, 0.5) is 10.1 Å². The average Bonchev–Trinajstić information content (AvgIpc) is 2.37. The number of rotatable bonds is 6. The minimum Gasteiger partial charge on any atom is -0.398 e. The first kappa shape index (κ1) is 16.4. The molecular weight excluding hydrogens is 285 g/mol. The summed E-state index contributed by atoms with van der Waals surface area (Å²) in [5.41, 5.74) is 5.27. The van der Waals surface area contributed by atoms with Gasteiger partial charge >= 0.3 is 0 Å². The lowest BCUT2D eigenvalue weighted by Gasteiger charge is -2.18. The third-order valence-corrected chi connectivity index (χ3v) is 4.27. The Morgan fingerprint density at radius 2 is 1.95 bits per heavy atom. The summed E-state index contributed by atoms with van der Waals surface area (Å²) in [5.74, 6) is -0.958. The molecular formula is C12H18FN3O3S. The molecule has 0 spiro atoms. The van der Waals surface area contributed by atoms with Crippen molar-refractivity contribution in [1.29, 1.82) is 0 Å². The second-order valence-corrected chi connectivity index (χ2v) is 5.81. The minimum atomic E-state index is -3.94. The summed E-state index contributed by atoms with van der Waals surface area (Å²) in [5, 5.41) is 0. The number of hydrogen-bond donors (Lipinski definition) is 2. The van der Waals surface area contributed by atoms with Gasteiger partial charge in [-0.25, -0.2) is 17.5 Å². The number of hydrogen-bond acceptors (Lipinski definition) is 4. The monoisotopic (exact) mass is 303 g/mol. The molecule has 0 aromatic heterocycles. The van der Waals surface area contributed by atoms with Crippen LogP contribution in [-0.4, -0.2) is 38.9 Å². The van der Waals surface area contributed by atoms with Gasteiger partial charge in [-0.05, 0) is 32.0 Å². The zero-order valence-corrected chi connectivity index (χ0v) is 12.2. The maximum atomic E-state index is 12.9. The van der Waals surface area contributed by atoms with Gasteiger partial charge in [0, 0.05) is 13.1 Å². The van der Waals surface area contributed by atoms with Crippen molar-refractivity contribution in [3.8, 4) is 0 Å². The van der Waals surface area contributed by atoms with Crippen molar-refractivity contribution in [2.24, 2.45) is 0 Å². The van der Waals surface area contributed by atoms with Crippen LogP contribution in [-0.2, 0) is 14.8 Å². The number of carbonyl (C=O) groups excluding carboxylic acids is 1.